The van der Waals surface area contributed by atoms with Gasteiger partial charge in [-0.3, -0.25) is 4.90 Å². The molecule has 3 aromatic rings. The van der Waals surface area contributed by atoms with Gasteiger partial charge in [-0.2, -0.15) is 5.10 Å². The molecule has 0 aliphatic carbocycles. The van der Waals surface area contributed by atoms with E-state index in [0.717, 1.165) is 55.8 Å². The number of pyridine rings is 1. The number of morpholine rings is 1. The fraction of sp³-hybridized carbons (Fsp3) is 0.500. The van der Waals surface area contributed by atoms with E-state index in [0.29, 0.717) is 0 Å². The zero-order chi connectivity index (χ0) is 17.4. The number of aromatic nitrogens is 5. The molecule has 0 radical (unpaired) electrons. The number of imidazole rings is 1. The Kier molecular flexibility index (Phi) is 4.27. The second-order valence-electron chi connectivity index (χ2n) is 6.74. The van der Waals surface area contributed by atoms with Gasteiger partial charge in [0.1, 0.15) is 17.3 Å². The van der Waals surface area contributed by atoms with Crippen LogP contribution in [0.15, 0.2) is 24.4 Å². The molecule has 0 bridgehead atoms. The molecular formula is C18H24N6O. The molecule has 4 rings (SSSR count). The SMILES string of the molecule is Cc1nc(C)n(CC2CN(Cc3cn4c(C)cccc4n3)CCO2)n1. The normalized spacial score (nSPS) is 18.9. The summed E-state index contributed by atoms with van der Waals surface area (Å²) in [5, 5.41) is 4.44. The summed E-state index contributed by atoms with van der Waals surface area (Å²) in [5.74, 6) is 1.75. The van der Waals surface area contributed by atoms with Crippen LogP contribution in [0.25, 0.3) is 5.65 Å². The topological polar surface area (TPSA) is 60.5 Å². The monoisotopic (exact) mass is 340 g/mol. The molecule has 25 heavy (non-hydrogen) atoms. The number of hydrogen-bond donors (Lipinski definition) is 0. The molecule has 7 heteroatoms. The first-order valence-electron chi connectivity index (χ1n) is 8.74. The van der Waals surface area contributed by atoms with Crippen molar-refractivity contribution in [1.82, 2.24) is 29.0 Å². The molecule has 1 fully saturated rings. The summed E-state index contributed by atoms with van der Waals surface area (Å²) in [7, 11) is 0. The zero-order valence-corrected chi connectivity index (χ0v) is 15.0. The Balaban J connectivity index is 1.43. The summed E-state index contributed by atoms with van der Waals surface area (Å²) in [4.78, 5) is 11.5. The number of nitrogens with zero attached hydrogens (tertiary/aromatic N) is 6. The van der Waals surface area contributed by atoms with Crippen LogP contribution in [0.3, 0.4) is 0 Å². The first-order valence-corrected chi connectivity index (χ1v) is 8.74. The van der Waals surface area contributed by atoms with E-state index in [1.165, 1.54) is 5.69 Å². The Morgan fingerprint density at radius 1 is 1.20 bits per heavy atom. The lowest BCUT2D eigenvalue weighted by atomic mass is 10.2. The third-order valence-electron chi connectivity index (χ3n) is 4.69. The molecule has 3 aromatic heterocycles. The highest BCUT2D eigenvalue weighted by atomic mass is 16.5. The maximum absolute atomic E-state index is 5.94. The average molecular weight is 340 g/mol. The molecule has 1 saturated heterocycles. The number of hydrogen-bond acceptors (Lipinski definition) is 5. The van der Waals surface area contributed by atoms with Crippen molar-refractivity contribution in [3.8, 4) is 0 Å². The molecule has 1 atom stereocenters. The van der Waals surface area contributed by atoms with Crippen molar-refractivity contribution >= 4 is 5.65 Å². The van der Waals surface area contributed by atoms with Gasteiger partial charge in [0, 0.05) is 31.5 Å². The van der Waals surface area contributed by atoms with Gasteiger partial charge in [-0.25, -0.2) is 14.6 Å². The van der Waals surface area contributed by atoms with Crippen molar-refractivity contribution in [3.05, 3.63) is 47.4 Å². The van der Waals surface area contributed by atoms with Crippen LogP contribution in [-0.2, 0) is 17.8 Å². The Morgan fingerprint density at radius 2 is 2.08 bits per heavy atom. The number of ether oxygens (including phenoxy) is 1. The predicted molar refractivity (Wildman–Crippen MR) is 94.4 cm³/mol. The van der Waals surface area contributed by atoms with E-state index in [1.54, 1.807) is 0 Å². The fourth-order valence-electron chi connectivity index (χ4n) is 3.47. The summed E-state index contributed by atoms with van der Waals surface area (Å²) >= 11 is 0. The molecule has 1 aliphatic rings. The third-order valence-corrected chi connectivity index (χ3v) is 4.69. The summed E-state index contributed by atoms with van der Waals surface area (Å²) < 4.78 is 10.0. The molecule has 0 saturated carbocycles. The maximum Gasteiger partial charge on any atom is 0.147 e. The summed E-state index contributed by atoms with van der Waals surface area (Å²) in [6.07, 6.45) is 2.27. The van der Waals surface area contributed by atoms with E-state index in [4.69, 9.17) is 9.72 Å². The lowest BCUT2D eigenvalue weighted by Gasteiger charge is -2.32. The van der Waals surface area contributed by atoms with Crippen LogP contribution in [0.5, 0.6) is 0 Å². The van der Waals surface area contributed by atoms with E-state index in [-0.39, 0.29) is 6.10 Å². The molecule has 0 amide bonds. The van der Waals surface area contributed by atoms with E-state index in [2.05, 4.69) is 50.7 Å². The molecule has 1 aliphatic heterocycles. The highest BCUT2D eigenvalue weighted by Gasteiger charge is 2.22. The van der Waals surface area contributed by atoms with Gasteiger partial charge in [0.15, 0.2) is 0 Å². The minimum absolute atomic E-state index is 0.132. The third kappa shape index (κ3) is 3.43. The minimum Gasteiger partial charge on any atom is -0.374 e. The summed E-state index contributed by atoms with van der Waals surface area (Å²) in [5.41, 5.74) is 3.31. The second kappa shape index (κ2) is 6.57. The van der Waals surface area contributed by atoms with Gasteiger partial charge in [0.25, 0.3) is 0 Å². The first-order chi connectivity index (χ1) is 12.1. The van der Waals surface area contributed by atoms with Crippen LogP contribution >= 0.6 is 0 Å². The van der Waals surface area contributed by atoms with Gasteiger partial charge >= 0.3 is 0 Å². The molecule has 0 N–H and O–H groups in total. The number of aryl methyl sites for hydroxylation is 3. The standard InChI is InChI=1S/C18H24N6O/c1-13-5-4-6-18-20-16(10-23(13)18)9-22-7-8-25-17(11-22)12-24-15(3)19-14(2)21-24/h4-6,10,17H,7-9,11-12H2,1-3H3. The first kappa shape index (κ1) is 16.2. The van der Waals surface area contributed by atoms with Gasteiger partial charge in [0.2, 0.25) is 0 Å². The minimum atomic E-state index is 0.132. The van der Waals surface area contributed by atoms with E-state index in [9.17, 15) is 0 Å². The van der Waals surface area contributed by atoms with Crippen molar-refractivity contribution < 1.29 is 4.74 Å². The molecule has 1 unspecified atom stereocenters. The molecule has 132 valence electrons. The van der Waals surface area contributed by atoms with Crippen LogP contribution in [0.4, 0.5) is 0 Å². The Bertz CT molecular complexity index is 883. The quantitative estimate of drug-likeness (QED) is 0.724. The second-order valence-corrected chi connectivity index (χ2v) is 6.74. The van der Waals surface area contributed by atoms with Crippen LogP contribution in [-0.4, -0.2) is 54.8 Å². The Labute approximate surface area is 147 Å². The van der Waals surface area contributed by atoms with Gasteiger partial charge in [-0.15, -0.1) is 0 Å². The number of rotatable bonds is 4. The Morgan fingerprint density at radius 3 is 2.84 bits per heavy atom. The predicted octanol–water partition coefficient (Wildman–Crippen LogP) is 1.75. The van der Waals surface area contributed by atoms with Gasteiger partial charge < -0.3 is 9.14 Å². The lowest BCUT2D eigenvalue weighted by molar-refractivity contribution is -0.0408. The van der Waals surface area contributed by atoms with Crippen LogP contribution in [0.2, 0.25) is 0 Å². The maximum atomic E-state index is 5.94. The summed E-state index contributed by atoms with van der Waals surface area (Å²) in [6, 6.07) is 6.20. The van der Waals surface area contributed by atoms with Gasteiger partial charge in [-0.1, -0.05) is 6.07 Å². The average Bonchev–Trinajstić information content (AvgIpc) is 3.11. The largest absolute Gasteiger partial charge is 0.374 e. The van der Waals surface area contributed by atoms with Crippen LogP contribution in [0, 0.1) is 20.8 Å². The van der Waals surface area contributed by atoms with E-state index in [1.807, 2.05) is 18.5 Å². The van der Waals surface area contributed by atoms with Crippen molar-refractivity contribution in [2.24, 2.45) is 0 Å². The van der Waals surface area contributed by atoms with Crippen LogP contribution < -0.4 is 0 Å². The molecular weight excluding hydrogens is 316 g/mol. The number of fused-ring (bicyclic) bond motifs is 1. The molecule has 0 aromatic carbocycles. The zero-order valence-electron chi connectivity index (χ0n) is 15.0. The van der Waals surface area contributed by atoms with E-state index >= 15 is 0 Å². The lowest BCUT2D eigenvalue weighted by Crippen LogP contribution is -2.44. The van der Waals surface area contributed by atoms with Crippen molar-refractivity contribution in [3.63, 3.8) is 0 Å². The highest BCUT2D eigenvalue weighted by Crippen LogP contribution is 2.14. The van der Waals surface area contributed by atoms with Gasteiger partial charge in [-0.05, 0) is 32.9 Å². The van der Waals surface area contributed by atoms with Crippen molar-refractivity contribution in [2.45, 2.75) is 40.0 Å². The van der Waals surface area contributed by atoms with Crippen molar-refractivity contribution in [1.29, 1.82) is 0 Å². The van der Waals surface area contributed by atoms with Crippen LogP contribution in [0.1, 0.15) is 23.0 Å². The molecule has 7 nitrogen and oxygen atoms in total. The molecule has 0 spiro atoms. The summed E-state index contributed by atoms with van der Waals surface area (Å²) in [6.45, 7) is 10.1. The van der Waals surface area contributed by atoms with Crippen molar-refractivity contribution in [2.75, 3.05) is 19.7 Å². The van der Waals surface area contributed by atoms with Gasteiger partial charge in [0.05, 0.1) is 24.9 Å². The Hall–Kier alpha value is -2.25. The fourth-order valence-corrected chi connectivity index (χ4v) is 3.47. The van der Waals surface area contributed by atoms with E-state index < -0.39 is 0 Å². The molecule has 4 heterocycles. The smallest absolute Gasteiger partial charge is 0.147 e. The highest BCUT2D eigenvalue weighted by molar-refractivity contribution is 5.41.